The van der Waals surface area contributed by atoms with Crippen molar-refractivity contribution in [1.29, 1.82) is 0 Å². The van der Waals surface area contributed by atoms with Crippen molar-refractivity contribution in [1.82, 2.24) is 25.0 Å². The van der Waals surface area contributed by atoms with Crippen molar-refractivity contribution in [2.45, 2.75) is 32.7 Å². The lowest BCUT2D eigenvalue weighted by molar-refractivity contribution is 0.0693. The third kappa shape index (κ3) is 4.63. The number of amides is 1. The molecule has 1 aliphatic heterocycles. The maximum Gasteiger partial charge on any atom is 0.254 e. The van der Waals surface area contributed by atoms with Crippen LogP contribution in [0.4, 0.5) is 0 Å². The zero-order valence-corrected chi connectivity index (χ0v) is 19.1. The smallest absolute Gasteiger partial charge is 0.254 e. The number of carbonyl (C=O) groups is 1. The first-order valence-electron chi connectivity index (χ1n) is 9.94. The number of rotatable bonds is 5. The molecule has 1 aliphatic rings. The number of carbonyl (C=O) groups excluding carboxylic acids is 1. The number of hydrogen-bond donors (Lipinski definition) is 1. The van der Waals surface area contributed by atoms with Crippen LogP contribution in [-0.2, 0) is 0 Å². The molecule has 1 fully saturated rings. The van der Waals surface area contributed by atoms with Crippen LogP contribution in [0.3, 0.4) is 0 Å². The van der Waals surface area contributed by atoms with Crippen LogP contribution < -0.4 is 5.32 Å². The third-order valence-corrected chi connectivity index (χ3v) is 5.45. The minimum Gasteiger partial charge on any atom is -0.463 e. The molecule has 30 heavy (non-hydrogen) atoms. The summed E-state index contributed by atoms with van der Waals surface area (Å²) < 4.78 is 7.40. The quantitative estimate of drug-likeness (QED) is 0.626. The van der Waals surface area contributed by atoms with Crippen molar-refractivity contribution in [3.05, 3.63) is 36.2 Å². The van der Waals surface area contributed by atoms with Crippen LogP contribution in [0.25, 0.3) is 22.5 Å². The second-order valence-electron chi connectivity index (χ2n) is 7.75. The standard InChI is InChI=1S/C21H27N5O2.2ClH/c1-14(2)26-20-17(13-23-26)16(11-18(24-20)19-5-4-10-28-19)21(27)25-8-6-15(7-9-25)12-22-3;;/h4-5,10-11,13-15,22H,6-9,12H2,1-3H3;2*1H. The number of nitrogens with one attached hydrogen (secondary N) is 1. The predicted molar refractivity (Wildman–Crippen MR) is 123 cm³/mol. The van der Waals surface area contributed by atoms with Crippen LogP contribution in [0.2, 0.25) is 0 Å². The number of nitrogens with zero attached hydrogens (tertiary/aromatic N) is 4. The molecule has 9 heteroatoms. The number of piperidine rings is 1. The minimum atomic E-state index is 0. The van der Waals surface area contributed by atoms with Crippen molar-refractivity contribution in [3.8, 4) is 11.5 Å². The summed E-state index contributed by atoms with van der Waals surface area (Å²) in [5.74, 6) is 1.33. The van der Waals surface area contributed by atoms with Gasteiger partial charge in [-0.2, -0.15) is 5.10 Å². The summed E-state index contributed by atoms with van der Waals surface area (Å²) in [5.41, 5.74) is 2.03. The number of halogens is 2. The van der Waals surface area contributed by atoms with E-state index < -0.39 is 0 Å². The van der Waals surface area contributed by atoms with Crippen molar-refractivity contribution in [3.63, 3.8) is 0 Å². The molecule has 0 aromatic carbocycles. The van der Waals surface area contributed by atoms with Crippen LogP contribution in [-0.4, -0.2) is 52.3 Å². The number of pyridine rings is 1. The van der Waals surface area contributed by atoms with Crippen molar-refractivity contribution >= 4 is 41.8 Å². The molecular formula is C21H29Cl2N5O2. The Hall–Kier alpha value is -2.09. The molecule has 0 saturated carbocycles. The van der Waals surface area contributed by atoms with Crippen LogP contribution in [0.5, 0.6) is 0 Å². The predicted octanol–water partition coefficient (Wildman–Crippen LogP) is 4.19. The fourth-order valence-electron chi connectivity index (χ4n) is 3.92. The highest BCUT2D eigenvalue weighted by Gasteiger charge is 2.26. The van der Waals surface area contributed by atoms with E-state index in [9.17, 15) is 4.79 Å². The molecule has 0 unspecified atom stereocenters. The molecule has 1 amide bonds. The Kier molecular flexibility index (Phi) is 8.29. The van der Waals surface area contributed by atoms with E-state index in [1.54, 1.807) is 12.5 Å². The molecule has 1 saturated heterocycles. The molecule has 3 aromatic rings. The summed E-state index contributed by atoms with van der Waals surface area (Å²) in [4.78, 5) is 20.1. The highest BCUT2D eigenvalue weighted by atomic mass is 35.5. The molecule has 0 bridgehead atoms. The van der Waals surface area contributed by atoms with Gasteiger partial charge in [-0.15, -0.1) is 24.8 Å². The first-order chi connectivity index (χ1) is 13.6. The summed E-state index contributed by atoms with van der Waals surface area (Å²) in [6.45, 7) is 6.68. The van der Waals surface area contributed by atoms with E-state index in [4.69, 9.17) is 9.40 Å². The number of furan rings is 1. The van der Waals surface area contributed by atoms with Crippen LogP contribution in [0.15, 0.2) is 35.1 Å². The summed E-state index contributed by atoms with van der Waals surface area (Å²) >= 11 is 0. The van der Waals surface area contributed by atoms with E-state index >= 15 is 0 Å². The lowest BCUT2D eigenvalue weighted by Crippen LogP contribution is -2.40. The number of fused-ring (bicyclic) bond motifs is 1. The van der Waals surface area contributed by atoms with Gasteiger partial charge in [0.15, 0.2) is 11.4 Å². The average molecular weight is 454 g/mol. The molecule has 164 valence electrons. The zero-order valence-electron chi connectivity index (χ0n) is 17.5. The molecule has 0 radical (unpaired) electrons. The van der Waals surface area contributed by atoms with E-state index in [2.05, 4.69) is 24.3 Å². The molecule has 0 spiro atoms. The third-order valence-electron chi connectivity index (χ3n) is 5.45. The van der Waals surface area contributed by atoms with Gasteiger partial charge in [-0.3, -0.25) is 4.79 Å². The van der Waals surface area contributed by atoms with Gasteiger partial charge in [-0.1, -0.05) is 0 Å². The molecule has 3 aromatic heterocycles. The van der Waals surface area contributed by atoms with E-state index in [1.807, 2.05) is 34.8 Å². The Morgan fingerprint density at radius 3 is 2.63 bits per heavy atom. The molecule has 1 N–H and O–H groups in total. The maximum absolute atomic E-state index is 13.4. The van der Waals surface area contributed by atoms with Gasteiger partial charge in [0.05, 0.1) is 23.4 Å². The molecule has 0 atom stereocenters. The fraction of sp³-hybridized carbons (Fsp3) is 0.476. The molecule has 4 rings (SSSR count). The second kappa shape index (κ2) is 10.3. The number of likely N-dealkylation sites (tertiary alicyclic amines) is 1. The Balaban J connectivity index is 0.00000160. The molecule has 0 aliphatic carbocycles. The van der Waals surface area contributed by atoms with E-state index in [-0.39, 0.29) is 36.8 Å². The van der Waals surface area contributed by atoms with Crippen molar-refractivity contribution < 1.29 is 9.21 Å². The van der Waals surface area contributed by atoms with E-state index in [0.29, 0.717) is 22.9 Å². The Labute approximate surface area is 189 Å². The first-order valence-corrected chi connectivity index (χ1v) is 9.94. The second-order valence-corrected chi connectivity index (χ2v) is 7.75. The topological polar surface area (TPSA) is 76.2 Å². The molecule has 4 heterocycles. The molecular weight excluding hydrogens is 425 g/mol. The maximum atomic E-state index is 13.4. The fourth-order valence-corrected chi connectivity index (χ4v) is 3.92. The SMILES string of the molecule is CNCC1CCN(C(=O)c2cc(-c3ccco3)nc3c2cnn3C(C)C)CC1.Cl.Cl. The number of aromatic nitrogens is 3. The summed E-state index contributed by atoms with van der Waals surface area (Å²) in [5, 5.41) is 8.52. The van der Waals surface area contributed by atoms with Crippen LogP contribution in [0, 0.1) is 5.92 Å². The van der Waals surface area contributed by atoms with Crippen molar-refractivity contribution in [2.24, 2.45) is 5.92 Å². The van der Waals surface area contributed by atoms with E-state index in [1.165, 1.54) is 0 Å². The van der Waals surface area contributed by atoms with Gasteiger partial charge in [0, 0.05) is 19.1 Å². The van der Waals surface area contributed by atoms with Gasteiger partial charge in [-0.25, -0.2) is 9.67 Å². The van der Waals surface area contributed by atoms with Gasteiger partial charge >= 0.3 is 0 Å². The monoisotopic (exact) mass is 453 g/mol. The summed E-state index contributed by atoms with van der Waals surface area (Å²) in [6, 6.07) is 5.68. The average Bonchev–Trinajstić information content (AvgIpc) is 3.37. The van der Waals surface area contributed by atoms with E-state index in [0.717, 1.165) is 43.5 Å². The van der Waals surface area contributed by atoms with Crippen LogP contribution >= 0.6 is 24.8 Å². The minimum absolute atomic E-state index is 0. The van der Waals surface area contributed by atoms with Crippen LogP contribution in [0.1, 0.15) is 43.1 Å². The largest absolute Gasteiger partial charge is 0.463 e. The van der Waals surface area contributed by atoms with Gasteiger partial charge < -0.3 is 14.6 Å². The highest BCUT2D eigenvalue weighted by Crippen LogP contribution is 2.28. The zero-order chi connectivity index (χ0) is 19.7. The Morgan fingerprint density at radius 1 is 1.30 bits per heavy atom. The number of hydrogen-bond acceptors (Lipinski definition) is 5. The van der Waals surface area contributed by atoms with Crippen molar-refractivity contribution in [2.75, 3.05) is 26.7 Å². The summed E-state index contributed by atoms with van der Waals surface area (Å²) in [6.07, 6.45) is 5.43. The highest BCUT2D eigenvalue weighted by molar-refractivity contribution is 6.06. The van der Waals surface area contributed by atoms with Gasteiger partial charge in [-0.05, 0) is 64.4 Å². The molecule has 7 nitrogen and oxygen atoms in total. The Morgan fingerprint density at radius 2 is 2.03 bits per heavy atom. The Bertz CT molecular complexity index is 963. The van der Waals surface area contributed by atoms with Gasteiger partial charge in [0.2, 0.25) is 0 Å². The van der Waals surface area contributed by atoms with Gasteiger partial charge in [0.25, 0.3) is 5.91 Å². The lowest BCUT2D eigenvalue weighted by atomic mass is 9.96. The van der Waals surface area contributed by atoms with Gasteiger partial charge in [0.1, 0.15) is 5.69 Å². The summed E-state index contributed by atoms with van der Waals surface area (Å²) in [7, 11) is 1.98. The first kappa shape index (κ1) is 24.2. The lowest BCUT2D eigenvalue weighted by Gasteiger charge is -2.32. The normalized spacial score (nSPS) is 14.6.